The summed E-state index contributed by atoms with van der Waals surface area (Å²) in [6, 6.07) is 8.86. The normalized spacial score (nSPS) is 11.8. The van der Waals surface area contributed by atoms with E-state index in [0.29, 0.717) is 17.0 Å². The van der Waals surface area contributed by atoms with Gasteiger partial charge in [-0.2, -0.15) is 5.10 Å². The number of nitrogens with zero attached hydrogens (tertiary/aromatic N) is 3. The molecule has 3 N–H and O–H groups in total. The average molecular weight is 299 g/mol. The molecule has 0 saturated carbocycles. The Morgan fingerprint density at radius 2 is 2.24 bits per heavy atom. The fraction of sp³-hybridized carbons (Fsp3) is 0.200. The van der Waals surface area contributed by atoms with Gasteiger partial charge in [0, 0.05) is 23.1 Å². The van der Waals surface area contributed by atoms with Crippen LogP contribution in [0.15, 0.2) is 40.9 Å². The van der Waals surface area contributed by atoms with Crippen LogP contribution in [0.2, 0.25) is 0 Å². The van der Waals surface area contributed by atoms with Crippen molar-refractivity contribution in [3.8, 4) is 0 Å². The number of nitrogens with two attached hydrogens (primary N) is 1. The summed E-state index contributed by atoms with van der Waals surface area (Å²) in [4.78, 5) is 4.09. The Labute approximate surface area is 127 Å². The summed E-state index contributed by atoms with van der Waals surface area (Å²) in [6.07, 6.45) is 3.90. The molecule has 2 aromatic heterocycles. The monoisotopic (exact) mass is 299 g/mol. The maximum Gasteiger partial charge on any atom is 0.205 e. The first kappa shape index (κ1) is 13.6. The lowest BCUT2D eigenvalue weighted by Gasteiger charge is -2.09. The van der Waals surface area contributed by atoms with E-state index in [1.165, 1.54) is 22.2 Å². The summed E-state index contributed by atoms with van der Waals surface area (Å²) >= 11 is 1.43. The number of nitrogen functional groups attached to an aromatic ring is 1. The Bertz CT molecular complexity index is 784. The van der Waals surface area contributed by atoms with Gasteiger partial charge in [-0.05, 0) is 36.9 Å². The summed E-state index contributed by atoms with van der Waals surface area (Å²) in [6.45, 7) is 4.35. The first-order valence-corrected chi connectivity index (χ1v) is 7.62. The largest absolute Gasteiger partial charge is 0.383 e. The molecule has 2 heterocycles. The van der Waals surface area contributed by atoms with E-state index >= 15 is 0 Å². The second-order valence-electron chi connectivity index (χ2n) is 5.08. The van der Waals surface area contributed by atoms with Gasteiger partial charge in [0.15, 0.2) is 0 Å². The van der Waals surface area contributed by atoms with Gasteiger partial charge in [-0.1, -0.05) is 12.1 Å². The van der Waals surface area contributed by atoms with Gasteiger partial charge in [0.2, 0.25) is 5.13 Å². The standard InChI is InChI=1S/C15H17N5S/c1-10(2)20-6-5-12-4-3-11(7-13(12)20)8-17-19-15-18-14(16)9-21-15/h3-10H,16H2,1-2H3,(H,18,19). The molecule has 0 spiro atoms. The Morgan fingerprint density at radius 1 is 1.38 bits per heavy atom. The fourth-order valence-corrected chi connectivity index (χ4v) is 2.74. The molecule has 0 amide bonds. The van der Waals surface area contributed by atoms with E-state index in [-0.39, 0.29) is 0 Å². The van der Waals surface area contributed by atoms with Crippen LogP contribution in [0.5, 0.6) is 0 Å². The number of anilines is 2. The third-order valence-electron chi connectivity index (χ3n) is 3.20. The number of fused-ring (bicyclic) bond motifs is 1. The maximum absolute atomic E-state index is 5.56. The van der Waals surface area contributed by atoms with Gasteiger partial charge in [0.25, 0.3) is 0 Å². The number of thiazole rings is 1. The predicted molar refractivity (Wildman–Crippen MR) is 90.1 cm³/mol. The van der Waals surface area contributed by atoms with E-state index in [2.05, 4.69) is 58.3 Å². The molecule has 0 saturated heterocycles. The molecular formula is C15H17N5S. The van der Waals surface area contributed by atoms with Crippen molar-refractivity contribution in [2.45, 2.75) is 19.9 Å². The molecule has 0 bridgehead atoms. The van der Waals surface area contributed by atoms with E-state index in [0.717, 1.165) is 5.56 Å². The smallest absolute Gasteiger partial charge is 0.205 e. The Balaban J connectivity index is 1.82. The van der Waals surface area contributed by atoms with Crippen LogP contribution in [0.4, 0.5) is 10.9 Å². The first-order valence-electron chi connectivity index (χ1n) is 6.74. The quantitative estimate of drug-likeness (QED) is 0.570. The number of hydrogen-bond donors (Lipinski definition) is 2. The molecule has 3 aromatic rings. The zero-order valence-corrected chi connectivity index (χ0v) is 12.8. The lowest BCUT2D eigenvalue weighted by Crippen LogP contribution is -1.98. The highest BCUT2D eigenvalue weighted by Gasteiger charge is 2.04. The van der Waals surface area contributed by atoms with Crippen LogP contribution in [-0.2, 0) is 0 Å². The van der Waals surface area contributed by atoms with E-state index in [1.807, 2.05) is 6.07 Å². The highest BCUT2D eigenvalue weighted by atomic mass is 32.1. The molecule has 0 unspecified atom stereocenters. The molecule has 21 heavy (non-hydrogen) atoms. The van der Waals surface area contributed by atoms with Crippen LogP contribution in [0.1, 0.15) is 25.5 Å². The van der Waals surface area contributed by atoms with Gasteiger partial charge in [0.05, 0.1) is 6.21 Å². The van der Waals surface area contributed by atoms with Gasteiger partial charge in [-0.15, -0.1) is 11.3 Å². The molecule has 0 aliphatic heterocycles. The molecule has 0 radical (unpaired) electrons. The maximum atomic E-state index is 5.56. The van der Waals surface area contributed by atoms with Crippen LogP contribution >= 0.6 is 11.3 Å². The van der Waals surface area contributed by atoms with Crippen LogP contribution in [0.25, 0.3) is 10.9 Å². The van der Waals surface area contributed by atoms with Crippen LogP contribution in [-0.4, -0.2) is 15.8 Å². The lowest BCUT2D eigenvalue weighted by molar-refractivity contribution is 0.623. The van der Waals surface area contributed by atoms with Gasteiger partial charge >= 0.3 is 0 Å². The van der Waals surface area contributed by atoms with E-state index in [9.17, 15) is 0 Å². The minimum atomic E-state index is 0.436. The molecule has 0 atom stereocenters. The van der Waals surface area contributed by atoms with Crippen molar-refractivity contribution < 1.29 is 0 Å². The van der Waals surface area contributed by atoms with Crippen molar-refractivity contribution >= 4 is 39.4 Å². The minimum Gasteiger partial charge on any atom is -0.383 e. The van der Waals surface area contributed by atoms with Gasteiger partial charge in [0.1, 0.15) is 5.82 Å². The van der Waals surface area contributed by atoms with Gasteiger partial charge in [-0.25, -0.2) is 4.98 Å². The van der Waals surface area contributed by atoms with Crippen molar-refractivity contribution in [1.82, 2.24) is 9.55 Å². The number of nitrogens with one attached hydrogen (secondary N) is 1. The van der Waals surface area contributed by atoms with Crippen molar-refractivity contribution in [1.29, 1.82) is 0 Å². The molecule has 1 aromatic carbocycles. The second-order valence-corrected chi connectivity index (χ2v) is 5.94. The zero-order valence-electron chi connectivity index (χ0n) is 11.9. The summed E-state index contributed by atoms with van der Waals surface area (Å²) < 4.78 is 2.25. The van der Waals surface area contributed by atoms with Crippen LogP contribution < -0.4 is 11.2 Å². The van der Waals surface area contributed by atoms with Crippen LogP contribution in [0, 0.1) is 0 Å². The van der Waals surface area contributed by atoms with Crippen molar-refractivity contribution in [3.63, 3.8) is 0 Å². The SMILES string of the molecule is CC(C)n1ccc2ccc(C=NNc3nc(N)cs3)cc21. The number of aromatic nitrogens is 2. The van der Waals surface area contributed by atoms with E-state index in [4.69, 9.17) is 5.73 Å². The number of rotatable bonds is 4. The van der Waals surface area contributed by atoms with Gasteiger partial charge in [-0.3, -0.25) is 5.43 Å². The topological polar surface area (TPSA) is 68.2 Å². The Morgan fingerprint density at radius 3 is 2.95 bits per heavy atom. The Hall–Kier alpha value is -2.34. The first-order chi connectivity index (χ1) is 10.1. The summed E-state index contributed by atoms with van der Waals surface area (Å²) in [7, 11) is 0. The number of benzene rings is 1. The molecule has 0 aliphatic rings. The molecule has 5 nitrogen and oxygen atoms in total. The zero-order chi connectivity index (χ0) is 14.8. The van der Waals surface area contributed by atoms with E-state index < -0.39 is 0 Å². The number of hydrazone groups is 1. The predicted octanol–water partition coefficient (Wildman–Crippen LogP) is 3.71. The van der Waals surface area contributed by atoms with Crippen molar-refractivity contribution in [3.05, 3.63) is 41.4 Å². The molecule has 0 aliphatic carbocycles. The van der Waals surface area contributed by atoms with Gasteiger partial charge < -0.3 is 10.3 Å². The molecule has 6 heteroatoms. The summed E-state index contributed by atoms with van der Waals surface area (Å²) in [5, 5.41) is 7.90. The molecule has 108 valence electrons. The Kier molecular flexibility index (Phi) is 3.62. The fourth-order valence-electron chi connectivity index (χ4n) is 2.20. The molecule has 3 rings (SSSR count). The average Bonchev–Trinajstić information content (AvgIpc) is 3.04. The summed E-state index contributed by atoms with van der Waals surface area (Å²) in [5.41, 5.74) is 10.7. The third-order valence-corrected chi connectivity index (χ3v) is 3.96. The summed E-state index contributed by atoms with van der Waals surface area (Å²) in [5.74, 6) is 0.508. The van der Waals surface area contributed by atoms with Crippen molar-refractivity contribution in [2.75, 3.05) is 11.2 Å². The van der Waals surface area contributed by atoms with Crippen molar-refractivity contribution in [2.24, 2.45) is 5.10 Å². The highest BCUT2D eigenvalue weighted by Crippen LogP contribution is 2.21. The third kappa shape index (κ3) is 2.90. The molecular weight excluding hydrogens is 282 g/mol. The van der Waals surface area contributed by atoms with Crippen LogP contribution in [0.3, 0.4) is 0 Å². The number of hydrogen-bond acceptors (Lipinski definition) is 5. The lowest BCUT2D eigenvalue weighted by atomic mass is 10.2. The highest BCUT2D eigenvalue weighted by molar-refractivity contribution is 7.14. The molecule has 0 fully saturated rings. The van der Waals surface area contributed by atoms with E-state index in [1.54, 1.807) is 11.6 Å². The second kappa shape index (κ2) is 5.57. The minimum absolute atomic E-state index is 0.436.